The molecule has 13 heteroatoms. The van der Waals surface area contributed by atoms with E-state index in [1.807, 2.05) is 43.3 Å². The highest BCUT2D eigenvalue weighted by molar-refractivity contribution is 8.15. The van der Waals surface area contributed by atoms with Gasteiger partial charge in [-0.2, -0.15) is 5.10 Å². The first kappa shape index (κ1) is 26.9. The maximum atomic E-state index is 12.6. The summed E-state index contributed by atoms with van der Waals surface area (Å²) in [5, 5.41) is 13.3. The molecule has 1 aliphatic rings. The number of carbonyl (C=O) groups excluding carboxylic acids is 1. The van der Waals surface area contributed by atoms with Gasteiger partial charge in [-0.1, -0.05) is 48.2 Å². The summed E-state index contributed by atoms with van der Waals surface area (Å²) < 4.78 is 48.1. The van der Waals surface area contributed by atoms with Crippen LogP contribution in [0, 0.1) is 0 Å². The minimum atomic E-state index is -4.75. The Bertz CT molecular complexity index is 1550. The van der Waals surface area contributed by atoms with Crippen molar-refractivity contribution in [1.29, 1.82) is 0 Å². The van der Waals surface area contributed by atoms with Gasteiger partial charge in [0.05, 0.1) is 29.9 Å². The topological polar surface area (TPSA) is 94.2 Å². The Morgan fingerprint density at radius 3 is 2.52 bits per heavy atom. The number of nitrogens with zero attached hydrogens (tertiary/aromatic N) is 6. The van der Waals surface area contributed by atoms with Gasteiger partial charge in [-0.3, -0.25) is 9.69 Å². The number of halogens is 3. The highest BCUT2D eigenvalue weighted by Crippen LogP contribution is 2.34. The molecule has 1 fully saturated rings. The molecule has 0 aliphatic carbocycles. The fourth-order valence-electron chi connectivity index (χ4n) is 3.78. The molecular weight excluding hydrogens is 545 g/mol. The molecule has 40 heavy (non-hydrogen) atoms. The summed E-state index contributed by atoms with van der Waals surface area (Å²) in [6.07, 6.45) is -1.71. The van der Waals surface area contributed by atoms with Crippen LogP contribution >= 0.6 is 11.8 Å². The van der Waals surface area contributed by atoms with Crippen molar-refractivity contribution < 1.29 is 27.4 Å². The van der Waals surface area contributed by atoms with E-state index in [-0.39, 0.29) is 17.4 Å². The van der Waals surface area contributed by atoms with Gasteiger partial charge in [0.1, 0.15) is 17.8 Å². The van der Waals surface area contributed by atoms with E-state index in [0.29, 0.717) is 34.7 Å². The molecular formula is C27H21F3N6O3S. The number of thioether (sulfide) groups is 1. The van der Waals surface area contributed by atoms with Gasteiger partial charge < -0.3 is 9.47 Å². The SMILES string of the molecule is CCOc1ccccc1N1C(=O)CS/C1=N\N=C\c1ccc(-c2ncn(-c3ccc(OC(F)(F)F)cc3)n2)cc1. The molecule has 1 amide bonds. The van der Waals surface area contributed by atoms with Crippen LogP contribution < -0.4 is 14.4 Å². The third kappa shape index (κ3) is 6.31. The molecule has 204 valence electrons. The maximum absolute atomic E-state index is 12.6. The van der Waals surface area contributed by atoms with E-state index >= 15 is 0 Å². The molecule has 0 N–H and O–H groups in total. The van der Waals surface area contributed by atoms with Crippen molar-refractivity contribution in [2.75, 3.05) is 17.3 Å². The second kappa shape index (κ2) is 11.6. The normalized spacial score (nSPS) is 14.8. The average Bonchev–Trinajstić information content (AvgIpc) is 3.57. The third-order valence-corrected chi connectivity index (χ3v) is 6.43. The van der Waals surface area contributed by atoms with Crippen LogP contribution in [0.5, 0.6) is 11.5 Å². The Labute approximate surface area is 231 Å². The van der Waals surface area contributed by atoms with E-state index in [9.17, 15) is 18.0 Å². The van der Waals surface area contributed by atoms with E-state index in [0.717, 1.165) is 11.1 Å². The lowest BCUT2D eigenvalue weighted by molar-refractivity contribution is -0.274. The lowest BCUT2D eigenvalue weighted by Crippen LogP contribution is -2.29. The fourth-order valence-corrected chi connectivity index (χ4v) is 4.59. The van der Waals surface area contributed by atoms with Gasteiger partial charge in [0, 0.05) is 5.56 Å². The van der Waals surface area contributed by atoms with E-state index < -0.39 is 6.36 Å². The van der Waals surface area contributed by atoms with E-state index in [1.165, 1.54) is 51.9 Å². The van der Waals surface area contributed by atoms with Crippen molar-refractivity contribution in [2.45, 2.75) is 13.3 Å². The summed E-state index contributed by atoms with van der Waals surface area (Å²) in [7, 11) is 0. The number of para-hydroxylation sites is 2. The number of ether oxygens (including phenoxy) is 2. The summed E-state index contributed by atoms with van der Waals surface area (Å²) in [4.78, 5) is 18.4. The van der Waals surface area contributed by atoms with E-state index in [4.69, 9.17) is 4.74 Å². The van der Waals surface area contributed by atoms with Crippen LogP contribution in [0.1, 0.15) is 12.5 Å². The zero-order chi connectivity index (χ0) is 28.1. The highest BCUT2D eigenvalue weighted by Gasteiger charge is 2.32. The predicted molar refractivity (Wildman–Crippen MR) is 146 cm³/mol. The number of carbonyl (C=O) groups is 1. The number of amidine groups is 1. The average molecular weight is 567 g/mol. The molecule has 4 aromatic rings. The molecule has 0 unspecified atom stereocenters. The van der Waals surface area contributed by atoms with Gasteiger partial charge in [0.25, 0.3) is 0 Å². The van der Waals surface area contributed by atoms with Gasteiger partial charge in [-0.05, 0) is 48.9 Å². The minimum Gasteiger partial charge on any atom is -0.492 e. The van der Waals surface area contributed by atoms with E-state index in [1.54, 1.807) is 18.3 Å². The monoisotopic (exact) mass is 566 g/mol. The Morgan fingerprint density at radius 1 is 1.05 bits per heavy atom. The molecule has 1 saturated heterocycles. The summed E-state index contributed by atoms with van der Waals surface area (Å²) in [5.74, 6) is 0.864. The number of aromatic nitrogens is 3. The lowest BCUT2D eigenvalue weighted by Gasteiger charge is -2.18. The van der Waals surface area contributed by atoms with Gasteiger partial charge in [-0.25, -0.2) is 9.67 Å². The molecule has 0 radical (unpaired) electrons. The molecule has 0 spiro atoms. The van der Waals surface area contributed by atoms with Crippen molar-refractivity contribution in [3.63, 3.8) is 0 Å². The summed E-state index contributed by atoms with van der Waals surface area (Å²) >= 11 is 1.30. The lowest BCUT2D eigenvalue weighted by atomic mass is 10.1. The summed E-state index contributed by atoms with van der Waals surface area (Å²) in [6.45, 7) is 2.35. The quantitative estimate of drug-likeness (QED) is 0.201. The number of rotatable bonds is 8. The van der Waals surface area contributed by atoms with Crippen LogP contribution in [-0.2, 0) is 4.79 Å². The minimum absolute atomic E-state index is 0.104. The Morgan fingerprint density at radius 2 is 1.80 bits per heavy atom. The number of hydrogen-bond acceptors (Lipinski definition) is 8. The van der Waals surface area contributed by atoms with Crippen LogP contribution in [0.25, 0.3) is 17.1 Å². The molecule has 0 atom stereocenters. The maximum Gasteiger partial charge on any atom is 0.573 e. The van der Waals surface area contributed by atoms with Crippen LogP contribution in [0.3, 0.4) is 0 Å². The summed E-state index contributed by atoms with van der Waals surface area (Å²) in [5.41, 5.74) is 2.64. The van der Waals surface area contributed by atoms with Crippen molar-refractivity contribution >= 4 is 34.7 Å². The first-order valence-electron chi connectivity index (χ1n) is 12.0. The van der Waals surface area contributed by atoms with Gasteiger partial charge in [-0.15, -0.1) is 23.4 Å². The Hall–Kier alpha value is -4.65. The molecule has 2 heterocycles. The third-order valence-electron chi connectivity index (χ3n) is 5.52. The molecule has 0 saturated carbocycles. The zero-order valence-electron chi connectivity index (χ0n) is 20.9. The number of benzene rings is 3. The first-order valence-corrected chi connectivity index (χ1v) is 13.0. The fraction of sp³-hybridized carbons (Fsp3) is 0.148. The summed E-state index contributed by atoms with van der Waals surface area (Å²) in [6, 6.07) is 19.9. The van der Waals surface area contributed by atoms with E-state index in [2.05, 4.69) is 25.0 Å². The van der Waals surface area contributed by atoms with Crippen molar-refractivity contribution in [1.82, 2.24) is 14.8 Å². The number of hydrogen-bond donors (Lipinski definition) is 0. The van der Waals surface area contributed by atoms with Crippen LogP contribution in [0.15, 0.2) is 89.3 Å². The van der Waals surface area contributed by atoms with Crippen molar-refractivity contribution in [3.8, 4) is 28.6 Å². The predicted octanol–water partition coefficient (Wildman–Crippen LogP) is 5.70. The molecule has 1 aliphatic heterocycles. The van der Waals surface area contributed by atoms with Crippen molar-refractivity contribution in [3.05, 3.63) is 84.7 Å². The Kier molecular flexibility index (Phi) is 7.82. The molecule has 5 rings (SSSR count). The second-order valence-electron chi connectivity index (χ2n) is 8.22. The smallest absolute Gasteiger partial charge is 0.492 e. The van der Waals surface area contributed by atoms with Gasteiger partial charge in [0.2, 0.25) is 5.91 Å². The standard InChI is InChI=1S/C27H21F3N6O3S/c1-2-38-23-6-4-3-5-22(23)36-24(37)16-40-26(36)33-32-15-18-7-9-19(10-8-18)25-31-17-35(34-25)20-11-13-21(14-12-20)39-27(28,29)30/h3-15,17H,2,16H2,1H3/b32-15+,33-26-. The van der Waals surface area contributed by atoms with Gasteiger partial charge in [0.15, 0.2) is 11.0 Å². The Balaban J connectivity index is 1.27. The number of alkyl halides is 3. The highest BCUT2D eigenvalue weighted by atomic mass is 32.2. The van der Waals surface area contributed by atoms with Gasteiger partial charge >= 0.3 is 6.36 Å². The second-order valence-corrected chi connectivity index (χ2v) is 9.16. The van der Waals surface area contributed by atoms with Crippen LogP contribution in [-0.4, -0.2) is 50.8 Å². The molecule has 1 aromatic heterocycles. The van der Waals surface area contributed by atoms with Crippen LogP contribution in [0.4, 0.5) is 18.9 Å². The molecule has 3 aromatic carbocycles. The number of anilines is 1. The zero-order valence-corrected chi connectivity index (χ0v) is 21.8. The molecule has 9 nitrogen and oxygen atoms in total. The largest absolute Gasteiger partial charge is 0.573 e. The first-order chi connectivity index (χ1) is 19.3. The van der Waals surface area contributed by atoms with Crippen LogP contribution in [0.2, 0.25) is 0 Å². The van der Waals surface area contributed by atoms with Crippen molar-refractivity contribution in [2.24, 2.45) is 10.2 Å². The molecule has 0 bridgehead atoms. The number of amides is 1.